The summed E-state index contributed by atoms with van der Waals surface area (Å²) in [5.41, 5.74) is 1.61. The Balaban J connectivity index is 1.87. The van der Waals surface area contributed by atoms with Crippen molar-refractivity contribution < 1.29 is 28.2 Å². The molecule has 3 aromatic carbocycles. The molecule has 1 saturated heterocycles. The van der Waals surface area contributed by atoms with Crippen molar-refractivity contribution in [3.8, 4) is 0 Å². The second-order valence-electron chi connectivity index (χ2n) is 8.93. The van der Waals surface area contributed by atoms with Crippen molar-refractivity contribution >= 4 is 35.1 Å². The van der Waals surface area contributed by atoms with E-state index in [2.05, 4.69) is 0 Å². The zero-order chi connectivity index (χ0) is 26.7. The van der Waals surface area contributed by atoms with Gasteiger partial charge in [0.05, 0.1) is 11.1 Å². The number of aliphatic carboxylic acids is 1. The molecule has 1 amide bonds. The Morgan fingerprint density at radius 2 is 1.68 bits per heavy atom. The van der Waals surface area contributed by atoms with E-state index in [9.17, 15) is 23.5 Å². The highest BCUT2D eigenvalue weighted by Gasteiger charge is 2.48. The summed E-state index contributed by atoms with van der Waals surface area (Å²) < 4.78 is 34.4. The average Bonchev–Trinajstić information content (AvgIpc) is 2.87. The van der Waals surface area contributed by atoms with E-state index in [0.717, 1.165) is 0 Å². The molecule has 1 heterocycles. The van der Waals surface area contributed by atoms with Crippen molar-refractivity contribution in [2.45, 2.75) is 50.5 Å². The van der Waals surface area contributed by atoms with E-state index in [1.807, 2.05) is 6.92 Å². The number of carbonyl (C=O) groups is 2. The fourth-order valence-corrected chi connectivity index (χ4v) is 4.92. The summed E-state index contributed by atoms with van der Waals surface area (Å²) in [5.74, 6) is -2.76. The highest BCUT2D eigenvalue weighted by Crippen LogP contribution is 2.44. The van der Waals surface area contributed by atoms with E-state index in [1.165, 1.54) is 29.2 Å². The number of carboxylic acids is 1. The molecular formula is C28H25Cl2F2NO4. The van der Waals surface area contributed by atoms with Crippen LogP contribution in [0.3, 0.4) is 0 Å². The van der Waals surface area contributed by atoms with Gasteiger partial charge in [0.2, 0.25) is 0 Å². The molecule has 3 aromatic rings. The van der Waals surface area contributed by atoms with Gasteiger partial charge in [-0.15, -0.1) is 0 Å². The van der Waals surface area contributed by atoms with Gasteiger partial charge >= 0.3 is 5.97 Å². The van der Waals surface area contributed by atoms with Crippen LogP contribution in [0.1, 0.15) is 48.6 Å². The third-order valence-corrected chi connectivity index (χ3v) is 6.99. The summed E-state index contributed by atoms with van der Waals surface area (Å²) >= 11 is 12.0. The number of hydrogen-bond acceptors (Lipinski definition) is 3. The fraction of sp³-hybridized carbons (Fsp3) is 0.286. The van der Waals surface area contributed by atoms with Gasteiger partial charge in [0, 0.05) is 11.4 Å². The zero-order valence-corrected chi connectivity index (χ0v) is 21.4. The summed E-state index contributed by atoms with van der Waals surface area (Å²) in [6, 6.07) is 14.5. The maximum absolute atomic E-state index is 14.6. The molecule has 0 radical (unpaired) electrons. The summed E-state index contributed by atoms with van der Waals surface area (Å²) in [4.78, 5) is 27.7. The first-order valence-electron chi connectivity index (χ1n) is 11.8. The SMILES string of the molecule is CCCC(C(=O)O)N1C(=O)[C@@H](Cc2ccc(F)cc2)O[C@H](c2ccc(Cl)c(F)c2)[C@@H]1c1ccc(Cl)cc1. The number of nitrogens with zero attached hydrogens (tertiary/aromatic N) is 1. The van der Waals surface area contributed by atoms with Crippen LogP contribution >= 0.6 is 23.2 Å². The van der Waals surface area contributed by atoms with Gasteiger partial charge in [-0.2, -0.15) is 0 Å². The molecule has 1 aliphatic rings. The average molecular weight is 548 g/mol. The molecule has 0 aliphatic carbocycles. The molecule has 37 heavy (non-hydrogen) atoms. The van der Waals surface area contributed by atoms with Gasteiger partial charge in [-0.1, -0.05) is 66.9 Å². The number of halogens is 4. The van der Waals surface area contributed by atoms with Gasteiger partial charge < -0.3 is 14.7 Å². The molecule has 4 atom stereocenters. The van der Waals surface area contributed by atoms with E-state index in [0.29, 0.717) is 28.1 Å². The lowest BCUT2D eigenvalue weighted by molar-refractivity contribution is -0.184. The number of ether oxygens (including phenoxy) is 1. The monoisotopic (exact) mass is 547 g/mol. The first kappa shape index (κ1) is 27.0. The molecule has 0 aromatic heterocycles. The normalized spacial score (nSPS) is 20.6. The Morgan fingerprint density at radius 1 is 1.03 bits per heavy atom. The minimum absolute atomic E-state index is 0.0761. The molecule has 0 saturated carbocycles. The van der Waals surface area contributed by atoms with E-state index in [1.54, 1.807) is 42.5 Å². The maximum Gasteiger partial charge on any atom is 0.326 e. The summed E-state index contributed by atoms with van der Waals surface area (Å²) in [6.07, 6.45) is -1.21. The van der Waals surface area contributed by atoms with Crippen molar-refractivity contribution in [2.75, 3.05) is 0 Å². The fourth-order valence-electron chi connectivity index (χ4n) is 4.68. The van der Waals surface area contributed by atoms with Crippen LogP contribution in [0.4, 0.5) is 8.78 Å². The van der Waals surface area contributed by atoms with Crippen molar-refractivity contribution in [1.82, 2.24) is 4.90 Å². The molecule has 1 unspecified atom stereocenters. The number of carbonyl (C=O) groups excluding carboxylic acids is 1. The number of rotatable bonds is 8. The van der Waals surface area contributed by atoms with Crippen LogP contribution in [0, 0.1) is 11.6 Å². The van der Waals surface area contributed by atoms with Crippen molar-refractivity contribution in [3.05, 3.63) is 105 Å². The first-order chi connectivity index (χ1) is 17.7. The predicted octanol–water partition coefficient (Wildman–Crippen LogP) is 6.78. The third-order valence-electron chi connectivity index (χ3n) is 6.43. The van der Waals surface area contributed by atoms with Crippen molar-refractivity contribution in [3.63, 3.8) is 0 Å². The largest absolute Gasteiger partial charge is 0.480 e. The van der Waals surface area contributed by atoms with E-state index >= 15 is 0 Å². The Kier molecular flexibility index (Phi) is 8.47. The van der Waals surface area contributed by atoms with E-state index in [-0.39, 0.29) is 17.9 Å². The maximum atomic E-state index is 14.6. The summed E-state index contributed by atoms with van der Waals surface area (Å²) in [6.45, 7) is 1.83. The van der Waals surface area contributed by atoms with Crippen LogP contribution < -0.4 is 0 Å². The lowest BCUT2D eigenvalue weighted by Gasteiger charge is -2.47. The second-order valence-corrected chi connectivity index (χ2v) is 9.78. The Labute approximate surface area is 223 Å². The highest BCUT2D eigenvalue weighted by atomic mass is 35.5. The number of morpholine rings is 1. The lowest BCUT2D eigenvalue weighted by atomic mass is 9.88. The second kappa shape index (κ2) is 11.6. The number of hydrogen-bond donors (Lipinski definition) is 1. The van der Waals surface area contributed by atoms with Gasteiger partial charge in [0.25, 0.3) is 5.91 Å². The quantitative estimate of drug-likeness (QED) is 0.337. The number of benzene rings is 3. The summed E-state index contributed by atoms with van der Waals surface area (Å²) in [5, 5.41) is 10.5. The van der Waals surface area contributed by atoms with Crippen molar-refractivity contribution in [1.29, 1.82) is 0 Å². The van der Waals surface area contributed by atoms with Crippen LogP contribution in [0.25, 0.3) is 0 Å². The Hall–Kier alpha value is -3.00. The number of amides is 1. The molecular weight excluding hydrogens is 523 g/mol. The van der Waals surface area contributed by atoms with Crippen molar-refractivity contribution in [2.24, 2.45) is 0 Å². The van der Waals surface area contributed by atoms with E-state index < -0.39 is 47.8 Å². The molecule has 5 nitrogen and oxygen atoms in total. The lowest BCUT2D eigenvalue weighted by Crippen LogP contribution is -2.57. The van der Waals surface area contributed by atoms with Crippen LogP contribution in [-0.4, -0.2) is 34.0 Å². The molecule has 4 rings (SSSR count). The molecule has 9 heteroatoms. The van der Waals surface area contributed by atoms with E-state index in [4.69, 9.17) is 27.9 Å². The van der Waals surface area contributed by atoms with Gasteiger partial charge in [-0.25, -0.2) is 13.6 Å². The van der Waals surface area contributed by atoms with Gasteiger partial charge in [0.15, 0.2) is 0 Å². The Bertz CT molecular complexity index is 1270. The molecule has 0 spiro atoms. The standard InChI is InChI=1S/C28H25Cl2F2NO4/c1-2-3-23(28(35)36)33-25(17-6-9-19(29)10-7-17)26(18-8-13-21(30)22(32)15-18)37-24(27(33)34)14-16-4-11-20(31)12-5-16/h4-13,15,23-26H,2-3,14H2,1H3,(H,35,36)/t23?,24-,25+,26-/m1/s1. The molecule has 1 N–H and O–H groups in total. The smallest absolute Gasteiger partial charge is 0.326 e. The Morgan fingerprint density at radius 3 is 2.27 bits per heavy atom. The number of carboxylic acid groups (broad SMARTS) is 1. The van der Waals surface area contributed by atoms with Crippen LogP contribution in [0.5, 0.6) is 0 Å². The molecule has 1 aliphatic heterocycles. The van der Waals surface area contributed by atoms with Crippen LogP contribution in [-0.2, 0) is 20.7 Å². The summed E-state index contributed by atoms with van der Waals surface area (Å²) in [7, 11) is 0. The van der Waals surface area contributed by atoms with Crippen LogP contribution in [0.2, 0.25) is 10.0 Å². The van der Waals surface area contributed by atoms with Crippen LogP contribution in [0.15, 0.2) is 66.7 Å². The zero-order valence-electron chi connectivity index (χ0n) is 19.9. The topological polar surface area (TPSA) is 66.8 Å². The van der Waals surface area contributed by atoms with Gasteiger partial charge in [0.1, 0.15) is 29.9 Å². The third kappa shape index (κ3) is 5.95. The molecule has 1 fully saturated rings. The highest BCUT2D eigenvalue weighted by molar-refractivity contribution is 6.30. The minimum atomic E-state index is -1.16. The van der Waals surface area contributed by atoms with Gasteiger partial charge in [-0.05, 0) is 59.5 Å². The molecule has 0 bridgehead atoms. The molecule has 194 valence electrons. The predicted molar refractivity (Wildman–Crippen MR) is 136 cm³/mol. The minimum Gasteiger partial charge on any atom is -0.480 e. The first-order valence-corrected chi connectivity index (χ1v) is 12.6. The van der Waals surface area contributed by atoms with Gasteiger partial charge in [-0.3, -0.25) is 4.79 Å².